The third-order valence-corrected chi connectivity index (χ3v) is 3.93. The molecule has 1 amide bonds. The number of amides is 1. The van der Waals surface area contributed by atoms with Gasteiger partial charge < -0.3 is 10.6 Å². The van der Waals surface area contributed by atoms with Crippen molar-refractivity contribution in [2.45, 2.75) is 25.3 Å². The molecule has 0 bridgehead atoms. The van der Waals surface area contributed by atoms with Gasteiger partial charge in [-0.15, -0.1) is 17.5 Å². The Balaban J connectivity index is 0.00000200. The third kappa shape index (κ3) is 4.96. The van der Waals surface area contributed by atoms with Gasteiger partial charge in [0.1, 0.15) is 0 Å². The quantitative estimate of drug-likeness (QED) is 0.769. The number of aromatic nitrogens is 3. The molecular weight excluding hydrogens is 298 g/mol. The largest absolute Gasteiger partial charge is 0.351 e. The van der Waals surface area contributed by atoms with E-state index in [0.29, 0.717) is 18.3 Å². The highest BCUT2D eigenvalue weighted by molar-refractivity contribution is 7.98. The van der Waals surface area contributed by atoms with Crippen LogP contribution in [-0.4, -0.2) is 52.5 Å². The molecule has 8 heteroatoms. The molecule has 2 N–H and O–H groups in total. The van der Waals surface area contributed by atoms with Gasteiger partial charge in [-0.25, -0.2) is 4.68 Å². The molecule has 6 nitrogen and oxygen atoms in total. The van der Waals surface area contributed by atoms with Crippen LogP contribution in [0, 0.1) is 0 Å². The van der Waals surface area contributed by atoms with Gasteiger partial charge in [-0.1, -0.05) is 5.21 Å². The van der Waals surface area contributed by atoms with Crippen molar-refractivity contribution in [1.82, 2.24) is 25.6 Å². The molecule has 0 saturated carbocycles. The number of carbonyl (C=O) groups is 1. The van der Waals surface area contributed by atoms with Crippen LogP contribution < -0.4 is 10.6 Å². The smallest absolute Gasteiger partial charge is 0.273 e. The Morgan fingerprint density at radius 3 is 3.00 bits per heavy atom. The average Bonchev–Trinajstić information content (AvgIpc) is 2.94. The number of carbonyl (C=O) groups excluding carboxylic acids is 1. The van der Waals surface area contributed by atoms with E-state index in [1.54, 1.807) is 18.0 Å². The monoisotopic (exact) mass is 319 g/mol. The van der Waals surface area contributed by atoms with Crippen molar-refractivity contribution in [1.29, 1.82) is 0 Å². The minimum absolute atomic E-state index is 0. The van der Waals surface area contributed by atoms with Crippen LogP contribution in [0.15, 0.2) is 6.20 Å². The maximum Gasteiger partial charge on any atom is 0.273 e. The molecule has 1 aliphatic rings. The highest BCUT2D eigenvalue weighted by Gasteiger charge is 2.18. The van der Waals surface area contributed by atoms with Crippen molar-refractivity contribution >= 4 is 30.1 Å². The van der Waals surface area contributed by atoms with E-state index in [-0.39, 0.29) is 18.3 Å². The topological polar surface area (TPSA) is 71.8 Å². The van der Waals surface area contributed by atoms with Crippen LogP contribution in [0.1, 0.15) is 35.8 Å². The minimum Gasteiger partial charge on any atom is -0.351 e. The molecule has 2 heterocycles. The van der Waals surface area contributed by atoms with Gasteiger partial charge in [0.25, 0.3) is 5.91 Å². The number of piperidine rings is 1. The molecule has 1 saturated heterocycles. The first kappa shape index (κ1) is 17.3. The summed E-state index contributed by atoms with van der Waals surface area (Å²) < 4.78 is 1.83. The lowest BCUT2D eigenvalue weighted by Crippen LogP contribution is -2.29. The molecule has 1 aromatic heterocycles. The molecule has 0 unspecified atom stereocenters. The van der Waals surface area contributed by atoms with Crippen LogP contribution >= 0.6 is 24.2 Å². The fourth-order valence-corrected chi connectivity index (χ4v) is 2.57. The first-order valence-electron chi connectivity index (χ1n) is 6.71. The van der Waals surface area contributed by atoms with Gasteiger partial charge in [0.2, 0.25) is 0 Å². The van der Waals surface area contributed by atoms with Gasteiger partial charge in [0.15, 0.2) is 5.69 Å². The summed E-state index contributed by atoms with van der Waals surface area (Å²) in [6, 6.07) is 0.367. The van der Waals surface area contributed by atoms with Gasteiger partial charge >= 0.3 is 0 Å². The number of nitrogens with zero attached hydrogens (tertiary/aromatic N) is 3. The summed E-state index contributed by atoms with van der Waals surface area (Å²) in [5.74, 6) is 0.934. The highest BCUT2D eigenvalue weighted by Crippen LogP contribution is 2.16. The third-order valence-electron chi connectivity index (χ3n) is 3.24. The van der Waals surface area contributed by atoms with E-state index in [2.05, 4.69) is 27.2 Å². The van der Waals surface area contributed by atoms with Crippen molar-refractivity contribution < 1.29 is 4.79 Å². The molecule has 1 aliphatic heterocycles. The second-order valence-electron chi connectivity index (χ2n) is 4.67. The second kappa shape index (κ2) is 9.20. The number of nitrogens with one attached hydrogen (secondary N) is 2. The Kier molecular flexibility index (Phi) is 7.94. The van der Waals surface area contributed by atoms with E-state index < -0.39 is 0 Å². The number of halogens is 1. The van der Waals surface area contributed by atoms with Crippen molar-refractivity contribution in [2.75, 3.05) is 31.6 Å². The van der Waals surface area contributed by atoms with Gasteiger partial charge in [0.05, 0.1) is 12.2 Å². The molecule has 1 aromatic rings. The van der Waals surface area contributed by atoms with Crippen LogP contribution in [0.4, 0.5) is 0 Å². The van der Waals surface area contributed by atoms with Crippen molar-refractivity contribution in [3.63, 3.8) is 0 Å². The number of hydrogen-bond donors (Lipinski definition) is 2. The van der Waals surface area contributed by atoms with Gasteiger partial charge in [-0.3, -0.25) is 4.79 Å². The van der Waals surface area contributed by atoms with Crippen LogP contribution in [0.3, 0.4) is 0 Å². The molecule has 1 fully saturated rings. The first-order chi connectivity index (χ1) is 9.31. The zero-order chi connectivity index (χ0) is 13.5. The Morgan fingerprint density at radius 2 is 2.30 bits per heavy atom. The lowest BCUT2D eigenvalue weighted by atomic mass is 10.1. The molecule has 0 atom stereocenters. The molecule has 0 aromatic carbocycles. The summed E-state index contributed by atoms with van der Waals surface area (Å²) in [4.78, 5) is 11.9. The zero-order valence-corrected chi connectivity index (χ0v) is 13.3. The fraction of sp³-hybridized carbons (Fsp3) is 0.750. The molecule has 2 rings (SSSR count). The minimum atomic E-state index is -0.124. The number of thioether (sulfide) groups is 1. The Bertz CT molecular complexity index is 408. The lowest BCUT2D eigenvalue weighted by Gasteiger charge is -2.22. The van der Waals surface area contributed by atoms with Crippen LogP contribution in [0.25, 0.3) is 0 Å². The van der Waals surface area contributed by atoms with Gasteiger partial charge in [0, 0.05) is 6.54 Å². The fourth-order valence-electron chi connectivity index (χ4n) is 2.14. The standard InChI is InChI=1S/C12H21N5OS.ClH/c1-19-8-2-5-14-12(18)11-9-17(16-15-11)10-3-6-13-7-4-10;/h9-10,13H,2-8H2,1H3,(H,14,18);1H. The van der Waals surface area contributed by atoms with Crippen molar-refractivity contribution in [2.24, 2.45) is 0 Å². The molecule has 114 valence electrons. The van der Waals surface area contributed by atoms with Crippen LogP contribution in [0.2, 0.25) is 0 Å². The van der Waals surface area contributed by atoms with E-state index in [1.165, 1.54) is 0 Å². The maximum atomic E-state index is 11.9. The lowest BCUT2D eigenvalue weighted by molar-refractivity contribution is 0.0948. The second-order valence-corrected chi connectivity index (χ2v) is 5.65. The SMILES string of the molecule is CSCCCNC(=O)c1cn(C2CCNCC2)nn1.Cl. The molecule has 20 heavy (non-hydrogen) atoms. The van der Waals surface area contributed by atoms with Gasteiger partial charge in [-0.2, -0.15) is 11.8 Å². The van der Waals surface area contributed by atoms with E-state index >= 15 is 0 Å². The van der Waals surface area contributed by atoms with Crippen molar-refractivity contribution in [3.8, 4) is 0 Å². The number of hydrogen-bond acceptors (Lipinski definition) is 5. The van der Waals surface area contributed by atoms with Gasteiger partial charge in [-0.05, 0) is 44.4 Å². The summed E-state index contributed by atoms with van der Waals surface area (Å²) in [5.41, 5.74) is 0.419. The molecule has 0 radical (unpaired) electrons. The van der Waals surface area contributed by atoms with E-state index in [9.17, 15) is 4.79 Å². The van der Waals surface area contributed by atoms with E-state index in [1.807, 2.05) is 4.68 Å². The predicted octanol–water partition coefficient (Wildman–Crippen LogP) is 1.11. The molecule has 0 spiro atoms. The Hall–Kier alpha value is -0.790. The summed E-state index contributed by atoms with van der Waals surface area (Å²) in [5, 5.41) is 14.2. The first-order valence-corrected chi connectivity index (χ1v) is 8.10. The Morgan fingerprint density at radius 1 is 1.55 bits per heavy atom. The summed E-state index contributed by atoms with van der Waals surface area (Å²) >= 11 is 1.78. The summed E-state index contributed by atoms with van der Waals surface area (Å²) in [6.45, 7) is 2.70. The zero-order valence-electron chi connectivity index (χ0n) is 11.7. The molecular formula is C12H22ClN5OS. The normalized spacial score (nSPS) is 15.7. The number of rotatable bonds is 6. The van der Waals surface area contributed by atoms with Crippen LogP contribution in [-0.2, 0) is 0 Å². The molecule has 0 aliphatic carbocycles. The van der Waals surface area contributed by atoms with Crippen molar-refractivity contribution in [3.05, 3.63) is 11.9 Å². The van der Waals surface area contributed by atoms with Crippen LogP contribution in [0.5, 0.6) is 0 Å². The average molecular weight is 320 g/mol. The Labute approximate surface area is 129 Å². The van der Waals surface area contributed by atoms with E-state index in [4.69, 9.17) is 0 Å². The summed E-state index contributed by atoms with van der Waals surface area (Å²) in [6.07, 6.45) is 6.89. The maximum absolute atomic E-state index is 11.9. The highest BCUT2D eigenvalue weighted by atomic mass is 35.5. The predicted molar refractivity (Wildman–Crippen MR) is 83.7 cm³/mol. The van der Waals surface area contributed by atoms with E-state index in [0.717, 1.165) is 38.1 Å². The summed E-state index contributed by atoms with van der Waals surface area (Å²) in [7, 11) is 0.